The second kappa shape index (κ2) is 7.66. The molecule has 0 saturated carbocycles. The fourth-order valence-corrected chi connectivity index (χ4v) is 4.11. The van der Waals surface area contributed by atoms with E-state index in [-0.39, 0.29) is 5.71 Å². The number of anilines is 1. The van der Waals surface area contributed by atoms with Crippen LogP contribution in [-0.2, 0) is 0 Å². The minimum Gasteiger partial charge on any atom is -0.495 e. The molecule has 7 nitrogen and oxygen atoms in total. The van der Waals surface area contributed by atoms with E-state index in [9.17, 15) is 0 Å². The molecule has 0 bridgehead atoms. The highest BCUT2D eigenvalue weighted by molar-refractivity contribution is 7.08. The molecule has 31 heavy (non-hydrogen) atoms. The number of aromatic nitrogens is 4. The summed E-state index contributed by atoms with van der Waals surface area (Å²) >= 11 is 1.63. The Bertz CT molecular complexity index is 1410. The average Bonchev–Trinajstić information content (AvgIpc) is 3.49. The Morgan fingerprint density at radius 2 is 2.00 bits per heavy atom. The minimum absolute atomic E-state index is 0.282. The van der Waals surface area contributed by atoms with Crippen LogP contribution >= 0.6 is 11.3 Å². The van der Waals surface area contributed by atoms with Crippen LogP contribution in [0.5, 0.6) is 5.75 Å². The van der Waals surface area contributed by atoms with Crippen LogP contribution in [0.15, 0.2) is 65.9 Å². The fourth-order valence-electron chi connectivity index (χ4n) is 3.47. The van der Waals surface area contributed by atoms with E-state index < -0.39 is 0 Å². The van der Waals surface area contributed by atoms with Crippen molar-refractivity contribution in [2.45, 2.75) is 0 Å². The van der Waals surface area contributed by atoms with Crippen molar-refractivity contribution >= 4 is 33.6 Å². The van der Waals surface area contributed by atoms with Crippen molar-refractivity contribution in [1.82, 2.24) is 19.9 Å². The standard InChI is InChI=1S/C23H18N6OS/c1-30-15-6-14(9-26-10-15)20-7-16(18(24)11-28-20)22(25)21-8-17-19(29-21)2-4-27-23(17)13-3-5-31-12-13/h2-12,25,29H,24H2,1H3. The quantitative estimate of drug-likeness (QED) is 0.351. The number of rotatable bonds is 5. The smallest absolute Gasteiger partial charge is 0.137 e. The topological polar surface area (TPSA) is 114 Å². The molecular weight excluding hydrogens is 408 g/mol. The van der Waals surface area contributed by atoms with Gasteiger partial charge in [-0.1, -0.05) is 0 Å². The van der Waals surface area contributed by atoms with Crippen molar-refractivity contribution in [1.29, 1.82) is 5.41 Å². The zero-order valence-corrected chi connectivity index (χ0v) is 17.4. The largest absolute Gasteiger partial charge is 0.495 e. The van der Waals surface area contributed by atoms with Crippen LogP contribution in [0.4, 0.5) is 5.69 Å². The summed E-state index contributed by atoms with van der Waals surface area (Å²) in [4.78, 5) is 16.5. The van der Waals surface area contributed by atoms with Gasteiger partial charge < -0.3 is 15.5 Å². The molecule has 0 fully saturated rings. The Kier molecular flexibility index (Phi) is 4.68. The Balaban J connectivity index is 1.57. The van der Waals surface area contributed by atoms with E-state index in [1.165, 1.54) is 0 Å². The van der Waals surface area contributed by atoms with Crippen molar-refractivity contribution in [2.24, 2.45) is 0 Å². The number of hydrogen-bond donors (Lipinski definition) is 3. The van der Waals surface area contributed by atoms with Crippen LogP contribution < -0.4 is 10.5 Å². The molecule has 4 N–H and O–H groups in total. The minimum atomic E-state index is 0.282. The van der Waals surface area contributed by atoms with Crippen LogP contribution in [0.25, 0.3) is 33.4 Å². The number of nitrogen functional groups attached to an aromatic ring is 1. The van der Waals surface area contributed by atoms with Gasteiger partial charge in [0.1, 0.15) is 5.75 Å². The van der Waals surface area contributed by atoms with E-state index in [1.807, 2.05) is 29.6 Å². The molecule has 0 amide bonds. The van der Waals surface area contributed by atoms with Gasteiger partial charge in [0, 0.05) is 45.4 Å². The average molecular weight is 427 g/mol. The maximum atomic E-state index is 8.83. The lowest BCUT2D eigenvalue weighted by atomic mass is 10.0. The Hall–Kier alpha value is -4.04. The van der Waals surface area contributed by atoms with Crippen LogP contribution in [0.2, 0.25) is 0 Å². The molecule has 0 aromatic carbocycles. The Morgan fingerprint density at radius 1 is 1.10 bits per heavy atom. The van der Waals surface area contributed by atoms with Crippen molar-refractivity contribution in [2.75, 3.05) is 12.8 Å². The summed E-state index contributed by atoms with van der Waals surface area (Å²) in [5.41, 5.74) is 12.5. The fraction of sp³-hybridized carbons (Fsp3) is 0.0435. The number of pyridine rings is 3. The predicted molar refractivity (Wildman–Crippen MR) is 124 cm³/mol. The van der Waals surface area contributed by atoms with E-state index in [4.69, 9.17) is 15.9 Å². The van der Waals surface area contributed by atoms with Gasteiger partial charge in [-0.15, -0.1) is 0 Å². The number of ether oxygens (including phenoxy) is 1. The molecule has 5 aromatic heterocycles. The molecule has 0 spiro atoms. The molecule has 0 saturated heterocycles. The lowest BCUT2D eigenvalue weighted by Crippen LogP contribution is -2.07. The predicted octanol–water partition coefficient (Wildman–Crippen LogP) is 4.76. The SMILES string of the molecule is COc1cncc(-c2cc(C(=N)c3cc4c(-c5ccsc5)nccc4[nH]3)c(N)cn2)c1. The van der Waals surface area contributed by atoms with E-state index in [0.29, 0.717) is 28.4 Å². The van der Waals surface area contributed by atoms with E-state index in [2.05, 4.69) is 25.3 Å². The van der Waals surface area contributed by atoms with E-state index in [1.54, 1.807) is 49.3 Å². The van der Waals surface area contributed by atoms with E-state index >= 15 is 0 Å². The van der Waals surface area contributed by atoms with Gasteiger partial charge in [-0.2, -0.15) is 11.3 Å². The number of nitrogens with one attached hydrogen (secondary N) is 2. The van der Waals surface area contributed by atoms with Gasteiger partial charge in [0.05, 0.1) is 48.0 Å². The lowest BCUT2D eigenvalue weighted by Gasteiger charge is -2.09. The van der Waals surface area contributed by atoms with Gasteiger partial charge in [0.2, 0.25) is 0 Å². The monoisotopic (exact) mass is 426 g/mol. The third kappa shape index (κ3) is 3.43. The van der Waals surface area contributed by atoms with Crippen LogP contribution in [0.1, 0.15) is 11.3 Å². The summed E-state index contributed by atoms with van der Waals surface area (Å²) in [6.07, 6.45) is 6.68. The molecule has 0 radical (unpaired) electrons. The second-order valence-electron chi connectivity index (χ2n) is 6.96. The molecule has 5 aromatic rings. The summed E-state index contributed by atoms with van der Waals surface area (Å²) in [7, 11) is 1.59. The number of nitrogens with two attached hydrogens (primary N) is 1. The van der Waals surface area contributed by atoms with Crippen LogP contribution in [-0.4, -0.2) is 32.8 Å². The normalized spacial score (nSPS) is 11.0. The van der Waals surface area contributed by atoms with Crippen molar-refractivity contribution in [3.05, 3.63) is 77.1 Å². The number of hydrogen-bond acceptors (Lipinski definition) is 7. The summed E-state index contributed by atoms with van der Waals surface area (Å²) in [6, 6.07) is 9.55. The first-order chi connectivity index (χ1) is 15.1. The van der Waals surface area contributed by atoms with Crippen LogP contribution in [0, 0.1) is 5.41 Å². The molecule has 0 aliphatic heterocycles. The molecule has 5 rings (SSSR count). The summed E-state index contributed by atoms with van der Waals surface area (Å²) < 4.78 is 5.26. The van der Waals surface area contributed by atoms with Gasteiger partial charge in [-0.25, -0.2) is 0 Å². The van der Waals surface area contributed by atoms with E-state index in [0.717, 1.165) is 27.7 Å². The lowest BCUT2D eigenvalue weighted by molar-refractivity contribution is 0.413. The molecule has 0 aliphatic carbocycles. The van der Waals surface area contributed by atoms with Crippen molar-refractivity contribution in [3.8, 4) is 28.3 Å². The second-order valence-corrected chi connectivity index (χ2v) is 7.74. The third-order valence-electron chi connectivity index (χ3n) is 5.06. The van der Waals surface area contributed by atoms with Gasteiger partial charge in [-0.05, 0) is 35.7 Å². The first-order valence-electron chi connectivity index (χ1n) is 9.48. The molecule has 0 aliphatic rings. The van der Waals surface area contributed by atoms with Crippen molar-refractivity contribution in [3.63, 3.8) is 0 Å². The first-order valence-corrected chi connectivity index (χ1v) is 10.4. The highest BCUT2D eigenvalue weighted by Crippen LogP contribution is 2.30. The zero-order chi connectivity index (χ0) is 21.4. The third-order valence-corrected chi connectivity index (χ3v) is 5.74. The van der Waals surface area contributed by atoms with Crippen molar-refractivity contribution < 1.29 is 4.74 Å². The van der Waals surface area contributed by atoms with Gasteiger partial charge in [-0.3, -0.25) is 20.4 Å². The summed E-state index contributed by atoms with van der Waals surface area (Å²) in [5, 5.41) is 13.9. The Labute approximate surface area is 182 Å². The highest BCUT2D eigenvalue weighted by Gasteiger charge is 2.16. The molecule has 5 heterocycles. The maximum absolute atomic E-state index is 8.83. The number of fused-ring (bicyclic) bond motifs is 1. The zero-order valence-electron chi connectivity index (χ0n) is 16.6. The number of nitrogens with zero attached hydrogens (tertiary/aromatic N) is 3. The molecule has 0 atom stereocenters. The summed E-state index contributed by atoms with van der Waals surface area (Å²) in [5.74, 6) is 0.636. The van der Waals surface area contributed by atoms with Gasteiger partial charge in [0.15, 0.2) is 0 Å². The number of H-pyrrole nitrogens is 1. The molecule has 152 valence electrons. The highest BCUT2D eigenvalue weighted by atomic mass is 32.1. The molecule has 8 heteroatoms. The number of aromatic amines is 1. The van der Waals surface area contributed by atoms with Crippen LogP contribution in [0.3, 0.4) is 0 Å². The molecule has 0 unspecified atom stereocenters. The number of thiophene rings is 1. The molecular formula is C23H18N6OS. The van der Waals surface area contributed by atoms with Gasteiger partial charge in [0.25, 0.3) is 0 Å². The van der Waals surface area contributed by atoms with Gasteiger partial charge >= 0.3 is 0 Å². The summed E-state index contributed by atoms with van der Waals surface area (Å²) in [6.45, 7) is 0. The first kappa shape index (κ1) is 19.0. The maximum Gasteiger partial charge on any atom is 0.137 e. The number of methoxy groups -OCH3 is 1. The Morgan fingerprint density at radius 3 is 2.81 bits per heavy atom.